The van der Waals surface area contributed by atoms with E-state index >= 15 is 0 Å². The summed E-state index contributed by atoms with van der Waals surface area (Å²) in [5, 5.41) is 13.6. The summed E-state index contributed by atoms with van der Waals surface area (Å²) >= 11 is 0. The Morgan fingerprint density at radius 1 is 1.39 bits per heavy atom. The van der Waals surface area contributed by atoms with E-state index in [4.69, 9.17) is 5.11 Å². The maximum Gasteiger partial charge on any atom is 0.329 e. The Morgan fingerprint density at radius 3 is 2.50 bits per heavy atom. The number of rotatable bonds is 4. The van der Waals surface area contributed by atoms with Gasteiger partial charge in [0, 0.05) is 0 Å². The Balaban J connectivity index is 2.73. The van der Waals surface area contributed by atoms with Gasteiger partial charge in [0.1, 0.15) is 11.4 Å². The van der Waals surface area contributed by atoms with E-state index in [1.807, 2.05) is 0 Å². The van der Waals surface area contributed by atoms with Crippen LogP contribution in [0.25, 0.3) is 0 Å². The molecule has 1 aromatic rings. The average Bonchev–Trinajstić information content (AvgIpc) is 2.31. The van der Waals surface area contributed by atoms with Gasteiger partial charge in [0.2, 0.25) is 0 Å². The van der Waals surface area contributed by atoms with Crippen LogP contribution in [0.1, 0.15) is 20.3 Å². The molecule has 6 heteroatoms. The van der Waals surface area contributed by atoms with Crippen molar-refractivity contribution in [1.29, 1.82) is 0 Å². The molecular formula is C12H15FN2O3. The number of para-hydroxylation sites is 1. The SMILES string of the molecule is CCC(C)(NC(=O)Nc1ccccc1F)C(=O)O. The Labute approximate surface area is 104 Å². The van der Waals surface area contributed by atoms with Gasteiger partial charge in [-0.3, -0.25) is 0 Å². The number of benzene rings is 1. The van der Waals surface area contributed by atoms with Crippen LogP contribution in [0.15, 0.2) is 24.3 Å². The van der Waals surface area contributed by atoms with Gasteiger partial charge in [0.15, 0.2) is 0 Å². The summed E-state index contributed by atoms with van der Waals surface area (Å²) in [6.45, 7) is 3.02. The van der Waals surface area contributed by atoms with Gasteiger partial charge < -0.3 is 15.7 Å². The maximum absolute atomic E-state index is 13.3. The molecule has 1 aromatic carbocycles. The van der Waals surface area contributed by atoms with Gasteiger partial charge in [0.25, 0.3) is 0 Å². The Hall–Kier alpha value is -2.11. The van der Waals surface area contributed by atoms with Crippen molar-refractivity contribution in [2.24, 2.45) is 0 Å². The first kappa shape index (κ1) is 14.0. The van der Waals surface area contributed by atoms with Gasteiger partial charge in [-0.15, -0.1) is 0 Å². The van der Waals surface area contributed by atoms with Crippen LogP contribution in [0.2, 0.25) is 0 Å². The normalized spacial score (nSPS) is 13.5. The molecular weight excluding hydrogens is 239 g/mol. The molecule has 0 fully saturated rings. The van der Waals surface area contributed by atoms with Crippen LogP contribution < -0.4 is 10.6 Å². The topological polar surface area (TPSA) is 78.4 Å². The zero-order chi connectivity index (χ0) is 13.8. The van der Waals surface area contributed by atoms with E-state index in [0.717, 1.165) is 0 Å². The minimum Gasteiger partial charge on any atom is -0.480 e. The third-order valence-electron chi connectivity index (χ3n) is 2.69. The summed E-state index contributed by atoms with van der Waals surface area (Å²) in [5.41, 5.74) is -1.38. The van der Waals surface area contributed by atoms with Crippen LogP contribution in [0.3, 0.4) is 0 Å². The lowest BCUT2D eigenvalue weighted by molar-refractivity contribution is -0.143. The molecule has 0 spiro atoms. The summed E-state index contributed by atoms with van der Waals surface area (Å²) in [6.07, 6.45) is 0.215. The predicted octanol–water partition coefficient (Wildman–Crippen LogP) is 2.20. The van der Waals surface area contributed by atoms with E-state index < -0.39 is 23.4 Å². The van der Waals surface area contributed by atoms with Gasteiger partial charge >= 0.3 is 12.0 Å². The summed E-state index contributed by atoms with van der Waals surface area (Å²) in [5.74, 6) is -1.73. The number of hydrogen-bond donors (Lipinski definition) is 3. The molecule has 0 aliphatic carbocycles. The lowest BCUT2D eigenvalue weighted by Crippen LogP contribution is -2.53. The van der Waals surface area contributed by atoms with Crippen molar-refractivity contribution in [2.75, 3.05) is 5.32 Å². The van der Waals surface area contributed by atoms with Crippen molar-refractivity contribution in [3.05, 3.63) is 30.1 Å². The molecule has 2 amide bonds. The largest absolute Gasteiger partial charge is 0.480 e. The number of carbonyl (C=O) groups excluding carboxylic acids is 1. The van der Waals surface area contributed by atoms with Crippen LogP contribution in [0.5, 0.6) is 0 Å². The number of hydrogen-bond acceptors (Lipinski definition) is 2. The number of halogens is 1. The molecule has 0 aliphatic heterocycles. The molecule has 0 heterocycles. The number of urea groups is 1. The van der Waals surface area contributed by atoms with Crippen molar-refractivity contribution >= 4 is 17.7 Å². The molecule has 18 heavy (non-hydrogen) atoms. The van der Waals surface area contributed by atoms with Crippen molar-refractivity contribution in [3.63, 3.8) is 0 Å². The van der Waals surface area contributed by atoms with Gasteiger partial charge in [-0.2, -0.15) is 0 Å². The number of carbonyl (C=O) groups is 2. The molecule has 0 aliphatic rings. The second-order valence-electron chi connectivity index (χ2n) is 4.05. The van der Waals surface area contributed by atoms with Gasteiger partial charge in [-0.05, 0) is 25.5 Å². The van der Waals surface area contributed by atoms with Gasteiger partial charge in [0.05, 0.1) is 5.69 Å². The fourth-order valence-electron chi connectivity index (χ4n) is 1.26. The Bertz CT molecular complexity index is 464. The molecule has 0 saturated heterocycles. The summed E-state index contributed by atoms with van der Waals surface area (Å²) in [7, 11) is 0. The second kappa shape index (κ2) is 5.48. The van der Waals surface area contributed by atoms with E-state index in [9.17, 15) is 14.0 Å². The minimum absolute atomic E-state index is 0.00107. The number of amides is 2. The van der Waals surface area contributed by atoms with Crippen molar-refractivity contribution in [3.8, 4) is 0 Å². The second-order valence-corrected chi connectivity index (χ2v) is 4.05. The van der Waals surface area contributed by atoms with E-state index in [2.05, 4.69) is 10.6 Å². The highest BCUT2D eigenvalue weighted by atomic mass is 19.1. The maximum atomic E-state index is 13.3. The third-order valence-corrected chi connectivity index (χ3v) is 2.69. The average molecular weight is 254 g/mol. The number of carboxylic acids is 1. The lowest BCUT2D eigenvalue weighted by atomic mass is 10.00. The Morgan fingerprint density at radius 2 is 2.00 bits per heavy atom. The highest BCUT2D eigenvalue weighted by Crippen LogP contribution is 2.14. The fraction of sp³-hybridized carbons (Fsp3) is 0.333. The van der Waals surface area contributed by atoms with Crippen LogP contribution in [0, 0.1) is 5.82 Å². The van der Waals surface area contributed by atoms with Crippen molar-refractivity contribution < 1.29 is 19.1 Å². The first-order valence-corrected chi connectivity index (χ1v) is 5.46. The molecule has 1 atom stereocenters. The molecule has 3 N–H and O–H groups in total. The molecule has 0 saturated carbocycles. The smallest absolute Gasteiger partial charge is 0.329 e. The zero-order valence-corrected chi connectivity index (χ0v) is 10.2. The molecule has 0 aromatic heterocycles. The molecule has 98 valence electrons. The number of anilines is 1. The highest BCUT2D eigenvalue weighted by Gasteiger charge is 2.32. The van der Waals surface area contributed by atoms with Gasteiger partial charge in [-0.25, -0.2) is 14.0 Å². The summed E-state index contributed by atoms with van der Waals surface area (Å²) < 4.78 is 13.3. The van der Waals surface area contributed by atoms with Crippen LogP contribution in [-0.4, -0.2) is 22.6 Å². The fourth-order valence-corrected chi connectivity index (χ4v) is 1.26. The zero-order valence-electron chi connectivity index (χ0n) is 10.2. The molecule has 5 nitrogen and oxygen atoms in total. The third kappa shape index (κ3) is 3.19. The molecule has 1 rings (SSSR count). The van der Waals surface area contributed by atoms with E-state index in [0.29, 0.717) is 0 Å². The van der Waals surface area contributed by atoms with E-state index in [1.54, 1.807) is 13.0 Å². The van der Waals surface area contributed by atoms with Crippen LogP contribution >= 0.6 is 0 Å². The highest BCUT2D eigenvalue weighted by molar-refractivity contribution is 5.93. The van der Waals surface area contributed by atoms with Gasteiger partial charge in [-0.1, -0.05) is 19.1 Å². The van der Waals surface area contributed by atoms with E-state index in [-0.39, 0.29) is 12.1 Å². The Kier molecular flexibility index (Phi) is 4.25. The molecule has 0 bridgehead atoms. The van der Waals surface area contributed by atoms with E-state index in [1.165, 1.54) is 25.1 Å². The molecule has 0 radical (unpaired) electrons. The van der Waals surface area contributed by atoms with Crippen LogP contribution in [-0.2, 0) is 4.79 Å². The van der Waals surface area contributed by atoms with Crippen molar-refractivity contribution in [1.82, 2.24) is 5.32 Å². The summed E-state index contributed by atoms with van der Waals surface area (Å²) in [6, 6.07) is 4.89. The predicted molar refractivity (Wildman–Crippen MR) is 64.9 cm³/mol. The monoisotopic (exact) mass is 254 g/mol. The first-order valence-electron chi connectivity index (χ1n) is 5.46. The number of aliphatic carboxylic acids is 1. The number of carboxylic acid groups (broad SMARTS) is 1. The number of nitrogens with one attached hydrogen (secondary N) is 2. The molecule has 1 unspecified atom stereocenters. The van der Waals surface area contributed by atoms with Crippen LogP contribution in [0.4, 0.5) is 14.9 Å². The standard InChI is InChI=1S/C12H15FN2O3/c1-3-12(2,10(16)17)15-11(18)14-9-7-5-4-6-8(9)13/h4-7H,3H2,1-2H3,(H,16,17)(H2,14,15,18). The minimum atomic E-state index is -1.38. The first-order chi connectivity index (χ1) is 8.39. The summed E-state index contributed by atoms with van der Waals surface area (Å²) in [4.78, 5) is 22.6. The quantitative estimate of drug-likeness (QED) is 0.770. The van der Waals surface area contributed by atoms with Crippen molar-refractivity contribution in [2.45, 2.75) is 25.8 Å². The lowest BCUT2D eigenvalue weighted by Gasteiger charge is -2.24.